The summed E-state index contributed by atoms with van der Waals surface area (Å²) in [6.45, 7) is 0. The van der Waals surface area contributed by atoms with E-state index in [1.54, 1.807) is 0 Å². The standard InChI is InChI=1S/C8H15NO2S.ClH/c9-7-3-4-12-5-6(7)1-2-8(10)11;/h6-7H,1-5,9H2,(H,10,11);1H. The number of carboxylic acids is 1. The van der Waals surface area contributed by atoms with Gasteiger partial charge < -0.3 is 10.8 Å². The molecule has 0 saturated carbocycles. The van der Waals surface area contributed by atoms with Crippen LogP contribution in [0.5, 0.6) is 0 Å². The summed E-state index contributed by atoms with van der Waals surface area (Å²) in [7, 11) is 0. The first-order valence-corrected chi connectivity index (χ1v) is 5.40. The van der Waals surface area contributed by atoms with Crippen LogP contribution >= 0.6 is 24.2 Å². The van der Waals surface area contributed by atoms with Crippen molar-refractivity contribution in [3.05, 3.63) is 0 Å². The highest BCUT2D eigenvalue weighted by Gasteiger charge is 2.22. The third-order valence-corrected chi connectivity index (χ3v) is 3.45. The Bertz CT molecular complexity index is 168. The number of aliphatic carboxylic acids is 1. The third kappa shape index (κ3) is 4.74. The number of hydrogen-bond donors (Lipinski definition) is 2. The molecule has 2 atom stereocenters. The second-order valence-electron chi connectivity index (χ2n) is 3.22. The van der Waals surface area contributed by atoms with Crippen LogP contribution in [-0.4, -0.2) is 28.6 Å². The molecule has 0 aromatic carbocycles. The molecule has 1 saturated heterocycles. The fourth-order valence-corrected chi connectivity index (χ4v) is 2.74. The summed E-state index contributed by atoms with van der Waals surface area (Å²) < 4.78 is 0. The van der Waals surface area contributed by atoms with Gasteiger partial charge in [-0.25, -0.2) is 0 Å². The van der Waals surface area contributed by atoms with Gasteiger partial charge in [-0.05, 0) is 30.3 Å². The zero-order chi connectivity index (χ0) is 8.97. The van der Waals surface area contributed by atoms with Gasteiger partial charge in [0.25, 0.3) is 0 Å². The average molecular weight is 226 g/mol. The second kappa shape index (κ2) is 6.51. The molecule has 0 radical (unpaired) electrons. The molecule has 1 aliphatic rings. The van der Waals surface area contributed by atoms with Crippen molar-refractivity contribution in [1.82, 2.24) is 0 Å². The first-order valence-electron chi connectivity index (χ1n) is 4.25. The molecule has 0 aromatic heterocycles. The Morgan fingerprint density at radius 2 is 2.31 bits per heavy atom. The zero-order valence-corrected chi connectivity index (χ0v) is 9.07. The summed E-state index contributed by atoms with van der Waals surface area (Å²) in [5.41, 5.74) is 5.86. The van der Waals surface area contributed by atoms with Crippen molar-refractivity contribution in [2.24, 2.45) is 11.7 Å². The number of hydrogen-bond acceptors (Lipinski definition) is 3. The lowest BCUT2D eigenvalue weighted by molar-refractivity contribution is -0.137. The van der Waals surface area contributed by atoms with Crippen molar-refractivity contribution < 1.29 is 9.90 Å². The molecule has 1 fully saturated rings. The van der Waals surface area contributed by atoms with E-state index >= 15 is 0 Å². The molecular weight excluding hydrogens is 210 g/mol. The molecule has 3 N–H and O–H groups in total. The van der Waals surface area contributed by atoms with Gasteiger partial charge in [-0.3, -0.25) is 4.79 Å². The van der Waals surface area contributed by atoms with Crippen LogP contribution in [0.3, 0.4) is 0 Å². The van der Waals surface area contributed by atoms with E-state index in [1.165, 1.54) is 0 Å². The van der Waals surface area contributed by atoms with Gasteiger partial charge >= 0.3 is 5.97 Å². The fraction of sp³-hybridized carbons (Fsp3) is 0.875. The normalized spacial score (nSPS) is 27.8. The van der Waals surface area contributed by atoms with Crippen molar-refractivity contribution in [2.75, 3.05) is 11.5 Å². The Morgan fingerprint density at radius 3 is 2.85 bits per heavy atom. The Labute approximate surface area is 88.9 Å². The highest BCUT2D eigenvalue weighted by molar-refractivity contribution is 7.99. The lowest BCUT2D eigenvalue weighted by Crippen LogP contribution is -2.35. The summed E-state index contributed by atoms with van der Waals surface area (Å²) >= 11 is 1.89. The van der Waals surface area contributed by atoms with E-state index in [4.69, 9.17) is 10.8 Å². The van der Waals surface area contributed by atoms with Gasteiger partial charge in [0.1, 0.15) is 0 Å². The number of halogens is 1. The summed E-state index contributed by atoms with van der Waals surface area (Å²) in [4.78, 5) is 10.3. The number of thioether (sulfide) groups is 1. The second-order valence-corrected chi connectivity index (χ2v) is 4.37. The number of carboxylic acid groups (broad SMARTS) is 1. The molecule has 5 heteroatoms. The topological polar surface area (TPSA) is 63.3 Å². The SMILES string of the molecule is Cl.NC1CCSCC1CCC(=O)O. The fourth-order valence-electron chi connectivity index (χ4n) is 1.42. The van der Waals surface area contributed by atoms with Crippen molar-refractivity contribution >= 4 is 30.1 Å². The first kappa shape index (κ1) is 13.1. The molecule has 0 aromatic rings. The van der Waals surface area contributed by atoms with Crippen LogP contribution in [0, 0.1) is 5.92 Å². The van der Waals surface area contributed by atoms with Gasteiger partial charge in [0, 0.05) is 12.5 Å². The maximum absolute atomic E-state index is 10.3. The van der Waals surface area contributed by atoms with Gasteiger partial charge in [0.05, 0.1) is 0 Å². The van der Waals surface area contributed by atoms with Crippen LogP contribution in [0.1, 0.15) is 19.3 Å². The minimum Gasteiger partial charge on any atom is -0.481 e. The van der Waals surface area contributed by atoms with Crippen LogP contribution in [0.15, 0.2) is 0 Å². The summed E-state index contributed by atoms with van der Waals surface area (Å²) in [6, 6.07) is 0.227. The van der Waals surface area contributed by atoms with Crippen molar-refractivity contribution in [3.63, 3.8) is 0 Å². The van der Waals surface area contributed by atoms with Gasteiger partial charge in [0.15, 0.2) is 0 Å². The van der Waals surface area contributed by atoms with Crippen LogP contribution < -0.4 is 5.73 Å². The Kier molecular flexibility index (Phi) is 6.55. The molecule has 78 valence electrons. The van der Waals surface area contributed by atoms with Crippen LogP contribution in [0.25, 0.3) is 0 Å². The molecule has 13 heavy (non-hydrogen) atoms. The Balaban J connectivity index is 0.00000144. The molecule has 3 nitrogen and oxygen atoms in total. The van der Waals surface area contributed by atoms with E-state index in [0.717, 1.165) is 24.3 Å². The molecule has 1 heterocycles. The van der Waals surface area contributed by atoms with Crippen molar-refractivity contribution in [1.29, 1.82) is 0 Å². The molecule has 0 spiro atoms. The minimum absolute atomic E-state index is 0. The van der Waals surface area contributed by atoms with Crippen LogP contribution in [0.2, 0.25) is 0 Å². The number of nitrogens with two attached hydrogens (primary N) is 1. The third-order valence-electron chi connectivity index (χ3n) is 2.26. The highest BCUT2D eigenvalue weighted by Crippen LogP contribution is 2.25. The van der Waals surface area contributed by atoms with E-state index in [2.05, 4.69) is 0 Å². The van der Waals surface area contributed by atoms with Crippen molar-refractivity contribution in [2.45, 2.75) is 25.3 Å². The molecule has 0 aliphatic carbocycles. The maximum Gasteiger partial charge on any atom is 0.303 e. The smallest absolute Gasteiger partial charge is 0.303 e. The van der Waals surface area contributed by atoms with E-state index in [1.807, 2.05) is 11.8 Å². The molecular formula is C8H16ClNO2S. The van der Waals surface area contributed by atoms with E-state index < -0.39 is 5.97 Å². The van der Waals surface area contributed by atoms with Gasteiger partial charge in [-0.2, -0.15) is 11.8 Å². The molecule has 0 amide bonds. The Hall–Kier alpha value is 0.0700. The maximum atomic E-state index is 10.3. The lowest BCUT2D eigenvalue weighted by Gasteiger charge is -2.27. The predicted molar refractivity (Wildman–Crippen MR) is 57.5 cm³/mol. The first-order chi connectivity index (χ1) is 5.70. The van der Waals surface area contributed by atoms with E-state index in [-0.39, 0.29) is 24.9 Å². The molecule has 1 aliphatic heterocycles. The summed E-state index contributed by atoms with van der Waals surface area (Å²) in [6.07, 6.45) is 2.04. The zero-order valence-electron chi connectivity index (χ0n) is 7.44. The molecule has 1 rings (SSSR count). The largest absolute Gasteiger partial charge is 0.481 e. The van der Waals surface area contributed by atoms with Crippen LogP contribution in [-0.2, 0) is 4.79 Å². The summed E-state index contributed by atoms with van der Waals surface area (Å²) in [5, 5.41) is 8.48. The van der Waals surface area contributed by atoms with Crippen molar-refractivity contribution in [3.8, 4) is 0 Å². The molecule has 0 bridgehead atoms. The Morgan fingerprint density at radius 1 is 1.62 bits per heavy atom. The van der Waals surface area contributed by atoms with Crippen LogP contribution in [0.4, 0.5) is 0 Å². The van der Waals surface area contributed by atoms with E-state index in [9.17, 15) is 4.79 Å². The van der Waals surface area contributed by atoms with Gasteiger partial charge in [-0.15, -0.1) is 12.4 Å². The number of rotatable bonds is 3. The lowest BCUT2D eigenvalue weighted by atomic mass is 9.95. The summed E-state index contributed by atoms with van der Waals surface area (Å²) in [5.74, 6) is 1.87. The number of carbonyl (C=O) groups is 1. The molecule has 2 unspecified atom stereocenters. The minimum atomic E-state index is -0.710. The van der Waals surface area contributed by atoms with Gasteiger partial charge in [-0.1, -0.05) is 0 Å². The monoisotopic (exact) mass is 225 g/mol. The average Bonchev–Trinajstić information content (AvgIpc) is 2.03. The van der Waals surface area contributed by atoms with E-state index in [0.29, 0.717) is 5.92 Å². The van der Waals surface area contributed by atoms with Gasteiger partial charge in [0.2, 0.25) is 0 Å². The quantitative estimate of drug-likeness (QED) is 0.761. The highest BCUT2D eigenvalue weighted by atomic mass is 35.5. The predicted octanol–water partition coefficient (Wildman–Crippen LogP) is 1.35.